The number of piperazine rings is 1. The third kappa shape index (κ3) is 6.97. The topological polar surface area (TPSA) is 61.8 Å². The summed E-state index contributed by atoms with van der Waals surface area (Å²) in [5.41, 5.74) is -2.83. The number of ether oxygens (including phenoxy) is 1. The van der Waals surface area contributed by atoms with Gasteiger partial charge in [-0.3, -0.25) is 0 Å². The Kier molecular flexibility index (Phi) is 8.19. The molecule has 4 rings (SSSR count). The van der Waals surface area contributed by atoms with E-state index in [1.807, 2.05) is 11.9 Å². The van der Waals surface area contributed by atoms with Gasteiger partial charge in [0.25, 0.3) is 0 Å². The molecule has 214 valence electrons. The molecule has 0 saturated carbocycles. The number of aromatic nitrogens is 2. The second-order valence-corrected chi connectivity index (χ2v) is 9.32. The Balaban J connectivity index is 1.60. The van der Waals surface area contributed by atoms with E-state index in [4.69, 9.17) is 4.74 Å². The lowest BCUT2D eigenvalue weighted by molar-refractivity contribution is -0.143. The van der Waals surface area contributed by atoms with E-state index in [1.54, 1.807) is 0 Å². The van der Waals surface area contributed by atoms with Crippen LogP contribution in [0.4, 0.5) is 41.5 Å². The summed E-state index contributed by atoms with van der Waals surface area (Å²) in [5.74, 6) is -0.278. The van der Waals surface area contributed by atoms with E-state index >= 15 is 0 Å². The van der Waals surface area contributed by atoms with Gasteiger partial charge in [-0.2, -0.15) is 26.3 Å². The molecule has 0 aliphatic carbocycles. The van der Waals surface area contributed by atoms with Crippen LogP contribution in [0.5, 0.6) is 5.75 Å². The number of alkyl halides is 6. The molecule has 1 amide bonds. The smallest absolute Gasteiger partial charge is 0.406 e. The Morgan fingerprint density at radius 2 is 1.52 bits per heavy atom. The fourth-order valence-electron chi connectivity index (χ4n) is 4.03. The van der Waals surface area contributed by atoms with E-state index in [-0.39, 0.29) is 17.5 Å². The highest BCUT2D eigenvalue weighted by atomic mass is 19.4. The maximum Gasteiger partial charge on any atom is 0.416 e. The number of carbonyl (C=O) groups excluding carboxylic acids is 1. The molecule has 1 fully saturated rings. The average molecular weight is 571 g/mol. The van der Waals surface area contributed by atoms with Crippen LogP contribution in [0.15, 0.2) is 48.7 Å². The number of likely N-dealkylation sites (N-methyl/N-ethyl adjacent to an activating group) is 1. The largest absolute Gasteiger partial charge is 0.416 e. The molecule has 1 aromatic heterocycles. The van der Waals surface area contributed by atoms with Gasteiger partial charge in [0, 0.05) is 45.3 Å². The summed E-state index contributed by atoms with van der Waals surface area (Å²) in [5, 5.41) is 0. The predicted molar refractivity (Wildman–Crippen MR) is 131 cm³/mol. The first kappa shape index (κ1) is 29.1. The van der Waals surface area contributed by atoms with Crippen LogP contribution in [0.1, 0.15) is 16.7 Å². The van der Waals surface area contributed by atoms with Crippen molar-refractivity contribution >= 4 is 12.0 Å². The summed E-state index contributed by atoms with van der Waals surface area (Å²) in [6.45, 7) is 2.19. The molecule has 0 unspecified atom stereocenters. The van der Waals surface area contributed by atoms with E-state index in [0.717, 1.165) is 25.0 Å². The molecule has 0 N–H and O–H groups in total. The summed E-state index contributed by atoms with van der Waals surface area (Å²) in [7, 11) is 3.14. The van der Waals surface area contributed by atoms with Crippen molar-refractivity contribution in [3.8, 4) is 17.0 Å². The number of carbonyl (C=O) groups is 1. The van der Waals surface area contributed by atoms with Crippen molar-refractivity contribution in [2.45, 2.75) is 18.9 Å². The molecule has 0 radical (unpaired) electrons. The molecular formula is C26H24F7N5O2. The second kappa shape index (κ2) is 11.3. The minimum Gasteiger partial charge on any atom is -0.406 e. The van der Waals surface area contributed by atoms with Crippen LogP contribution in [-0.2, 0) is 18.9 Å². The van der Waals surface area contributed by atoms with Gasteiger partial charge in [0.05, 0.1) is 17.3 Å². The van der Waals surface area contributed by atoms with Crippen LogP contribution in [0, 0.1) is 5.82 Å². The molecule has 0 atom stereocenters. The fraction of sp³-hybridized carbons (Fsp3) is 0.346. The number of amides is 1. The molecular weight excluding hydrogens is 547 g/mol. The van der Waals surface area contributed by atoms with E-state index in [1.165, 1.54) is 30.5 Å². The van der Waals surface area contributed by atoms with Gasteiger partial charge in [0.2, 0.25) is 5.95 Å². The number of hydrogen-bond donors (Lipinski definition) is 0. The number of nitrogens with zero attached hydrogens (tertiary/aromatic N) is 5. The maximum absolute atomic E-state index is 13.6. The normalized spacial score (nSPS) is 14.8. The molecule has 3 aromatic rings. The van der Waals surface area contributed by atoms with Crippen LogP contribution in [0.3, 0.4) is 0 Å². The Morgan fingerprint density at radius 1 is 0.950 bits per heavy atom. The van der Waals surface area contributed by atoms with Gasteiger partial charge in [0.15, 0.2) is 5.75 Å². The summed E-state index contributed by atoms with van der Waals surface area (Å²) in [6, 6.07) is 6.32. The number of hydrogen-bond acceptors (Lipinski definition) is 6. The van der Waals surface area contributed by atoms with Crippen molar-refractivity contribution in [3.63, 3.8) is 0 Å². The summed E-state index contributed by atoms with van der Waals surface area (Å²) in [6.07, 6.45) is -9.88. The van der Waals surface area contributed by atoms with E-state index in [2.05, 4.69) is 14.9 Å². The van der Waals surface area contributed by atoms with E-state index < -0.39 is 47.5 Å². The van der Waals surface area contributed by atoms with Crippen molar-refractivity contribution < 1.29 is 40.3 Å². The lowest BCUT2D eigenvalue weighted by Crippen LogP contribution is -2.45. The summed E-state index contributed by atoms with van der Waals surface area (Å²) in [4.78, 5) is 26.5. The van der Waals surface area contributed by atoms with Crippen LogP contribution in [0.25, 0.3) is 11.3 Å². The van der Waals surface area contributed by atoms with Crippen LogP contribution in [-0.4, -0.2) is 66.1 Å². The first-order valence-electron chi connectivity index (χ1n) is 12.0. The molecule has 2 heterocycles. The third-order valence-corrected chi connectivity index (χ3v) is 6.22. The molecule has 0 bridgehead atoms. The summed E-state index contributed by atoms with van der Waals surface area (Å²) >= 11 is 0. The highest BCUT2D eigenvalue weighted by Crippen LogP contribution is 2.37. The number of rotatable bonds is 5. The van der Waals surface area contributed by atoms with E-state index in [9.17, 15) is 35.5 Å². The van der Waals surface area contributed by atoms with Crippen LogP contribution < -0.4 is 9.64 Å². The Morgan fingerprint density at radius 3 is 2.08 bits per heavy atom. The lowest BCUT2D eigenvalue weighted by atomic mass is 10.0. The minimum atomic E-state index is -5.03. The number of anilines is 1. The third-order valence-electron chi connectivity index (χ3n) is 6.22. The van der Waals surface area contributed by atoms with Crippen molar-refractivity contribution in [3.05, 3.63) is 71.2 Å². The Hall–Kier alpha value is -3.94. The Labute approximate surface area is 224 Å². The Bertz CT molecular complexity index is 1320. The molecule has 7 nitrogen and oxygen atoms in total. The zero-order valence-electron chi connectivity index (χ0n) is 21.4. The molecule has 2 aromatic carbocycles. The molecule has 14 heteroatoms. The van der Waals surface area contributed by atoms with Gasteiger partial charge in [-0.15, -0.1) is 0 Å². The van der Waals surface area contributed by atoms with E-state index in [0.29, 0.717) is 36.7 Å². The summed E-state index contributed by atoms with van der Waals surface area (Å²) < 4.78 is 98.3. The monoisotopic (exact) mass is 571 g/mol. The average Bonchev–Trinajstić information content (AvgIpc) is 2.88. The van der Waals surface area contributed by atoms with Gasteiger partial charge >= 0.3 is 18.4 Å². The van der Waals surface area contributed by atoms with Gasteiger partial charge in [-0.25, -0.2) is 19.2 Å². The number of benzene rings is 2. The zero-order valence-corrected chi connectivity index (χ0v) is 21.4. The fourth-order valence-corrected chi connectivity index (χ4v) is 4.03. The molecule has 0 spiro atoms. The SMILES string of the molecule is CN1CCN(c2ncc(OC(=O)N(C)Cc3cc(C(F)(F)F)cc(C(F)(F)F)c3)c(-c3ccc(F)cc3)n2)CC1. The van der Waals surface area contributed by atoms with Crippen LogP contribution in [0.2, 0.25) is 0 Å². The second-order valence-electron chi connectivity index (χ2n) is 9.32. The lowest BCUT2D eigenvalue weighted by Gasteiger charge is -2.32. The van der Waals surface area contributed by atoms with Gasteiger partial charge in [-0.05, 0) is 55.1 Å². The highest BCUT2D eigenvalue weighted by molar-refractivity contribution is 5.75. The molecule has 1 aliphatic heterocycles. The molecule has 1 aliphatic rings. The van der Waals surface area contributed by atoms with Crippen LogP contribution >= 0.6 is 0 Å². The first-order valence-corrected chi connectivity index (χ1v) is 12.0. The van der Waals surface area contributed by atoms with Crippen molar-refractivity contribution in [2.75, 3.05) is 45.2 Å². The molecule has 40 heavy (non-hydrogen) atoms. The minimum absolute atomic E-state index is 0.00998. The highest BCUT2D eigenvalue weighted by Gasteiger charge is 2.37. The quantitative estimate of drug-likeness (QED) is 0.366. The standard InChI is InChI=1S/C26H24F7N5O2/c1-36-7-9-38(10-8-36)23-34-14-21(22(35-23)17-3-5-20(27)6-4-17)40-24(39)37(2)15-16-11-18(25(28,29)30)13-19(12-16)26(31,32)33/h3-6,11-14H,7-10,15H2,1-2H3. The van der Waals surface area contributed by atoms with Crippen molar-refractivity contribution in [1.29, 1.82) is 0 Å². The van der Waals surface area contributed by atoms with Gasteiger partial charge in [0.1, 0.15) is 11.5 Å². The zero-order chi connectivity index (χ0) is 29.2. The first-order chi connectivity index (χ1) is 18.7. The molecule has 1 saturated heterocycles. The van der Waals surface area contributed by atoms with Gasteiger partial charge < -0.3 is 19.4 Å². The predicted octanol–water partition coefficient (Wildman–Crippen LogP) is 5.70. The van der Waals surface area contributed by atoms with Crippen molar-refractivity contribution in [2.24, 2.45) is 0 Å². The van der Waals surface area contributed by atoms with Gasteiger partial charge in [-0.1, -0.05) is 0 Å². The number of halogens is 7. The van der Waals surface area contributed by atoms with Crippen molar-refractivity contribution in [1.82, 2.24) is 19.8 Å². The maximum atomic E-state index is 13.6.